The molecule has 1 amide bonds. The van der Waals surface area contributed by atoms with Gasteiger partial charge in [0.15, 0.2) is 0 Å². The first-order valence-electron chi connectivity index (χ1n) is 7.73. The fraction of sp³-hybridized carbons (Fsp3) is 0.278. The van der Waals surface area contributed by atoms with Gasteiger partial charge in [0.05, 0.1) is 11.3 Å². The first-order valence-corrected chi connectivity index (χ1v) is 10.0. The maximum Gasteiger partial charge on any atom is 0.241 e. The lowest BCUT2D eigenvalue weighted by Crippen LogP contribution is -2.40. The molecular weight excluding hydrogens is 404 g/mol. The molecule has 2 aromatic rings. The van der Waals surface area contributed by atoms with Crippen LogP contribution in [0.1, 0.15) is 26.3 Å². The summed E-state index contributed by atoms with van der Waals surface area (Å²) in [4.78, 5) is 12.2. The minimum Gasteiger partial charge on any atom is -0.326 e. The van der Waals surface area contributed by atoms with Crippen LogP contribution in [0, 0.1) is 0 Å². The monoisotopic (exact) mass is 424 g/mol. The predicted octanol–water partition coefficient (Wildman–Crippen LogP) is 3.71. The molecule has 7 heteroatoms. The van der Waals surface area contributed by atoms with E-state index in [1.165, 1.54) is 12.1 Å². The van der Waals surface area contributed by atoms with Crippen molar-refractivity contribution in [3.05, 3.63) is 58.6 Å². The summed E-state index contributed by atoms with van der Waals surface area (Å²) in [5.74, 6) is -0.161. The molecule has 2 aromatic carbocycles. The number of halogens is 1. The number of anilines is 1. The largest absolute Gasteiger partial charge is 0.326 e. The number of hydrogen-bond donors (Lipinski definition) is 2. The normalized spacial score (nSPS) is 12.0. The molecule has 134 valence electrons. The zero-order valence-corrected chi connectivity index (χ0v) is 16.7. The fourth-order valence-electron chi connectivity index (χ4n) is 2.17. The molecule has 0 saturated carbocycles. The van der Waals surface area contributed by atoms with E-state index in [1.807, 2.05) is 24.3 Å². The summed E-state index contributed by atoms with van der Waals surface area (Å²) in [6.07, 6.45) is 0.249. The lowest BCUT2D eigenvalue weighted by molar-refractivity contribution is -0.115. The van der Waals surface area contributed by atoms with E-state index in [4.69, 9.17) is 0 Å². The minimum absolute atomic E-state index is 0.160. The number of nitrogens with one attached hydrogen (secondary N) is 2. The summed E-state index contributed by atoms with van der Waals surface area (Å²) < 4.78 is 28.0. The van der Waals surface area contributed by atoms with E-state index in [-0.39, 0.29) is 17.2 Å². The number of benzene rings is 2. The Morgan fingerprint density at radius 2 is 1.56 bits per heavy atom. The van der Waals surface area contributed by atoms with E-state index < -0.39 is 15.6 Å². The summed E-state index contributed by atoms with van der Waals surface area (Å²) in [5, 5.41) is 2.77. The van der Waals surface area contributed by atoms with Crippen LogP contribution in [0.4, 0.5) is 5.69 Å². The molecule has 5 nitrogen and oxygen atoms in total. The fourth-order valence-corrected chi connectivity index (χ4v) is 3.86. The van der Waals surface area contributed by atoms with E-state index >= 15 is 0 Å². The van der Waals surface area contributed by atoms with Crippen molar-refractivity contribution in [1.82, 2.24) is 4.72 Å². The predicted molar refractivity (Wildman–Crippen MR) is 103 cm³/mol. The molecule has 0 aliphatic heterocycles. The maximum atomic E-state index is 12.2. The van der Waals surface area contributed by atoms with Gasteiger partial charge in [-0.2, -0.15) is 0 Å². The summed E-state index contributed by atoms with van der Waals surface area (Å²) in [6, 6.07) is 13.6. The summed E-state index contributed by atoms with van der Waals surface area (Å²) >= 11 is 3.35. The van der Waals surface area contributed by atoms with Crippen molar-refractivity contribution < 1.29 is 13.2 Å². The molecule has 0 spiro atoms. The van der Waals surface area contributed by atoms with Crippen LogP contribution in [0.3, 0.4) is 0 Å². The van der Waals surface area contributed by atoms with Gasteiger partial charge in [-0.15, -0.1) is 0 Å². The van der Waals surface area contributed by atoms with E-state index in [2.05, 4.69) is 26.0 Å². The Morgan fingerprint density at radius 1 is 1.00 bits per heavy atom. The SMILES string of the molecule is CC(C)(C)NS(=O)(=O)c1ccc(NC(=O)Cc2ccc(Br)cc2)cc1. The third-order valence-corrected chi connectivity index (χ3v) is 5.47. The van der Waals surface area contributed by atoms with Gasteiger partial charge < -0.3 is 5.32 Å². The molecule has 0 unspecified atom stereocenters. The number of sulfonamides is 1. The van der Waals surface area contributed by atoms with E-state index in [9.17, 15) is 13.2 Å². The zero-order valence-electron chi connectivity index (χ0n) is 14.3. The second-order valence-electron chi connectivity index (χ2n) is 6.73. The van der Waals surface area contributed by atoms with Crippen molar-refractivity contribution in [2.24, 2.45) is 0 Å². The highest BCUT2D eigenvalue weighted by atomic mass is 79.9. The Bertz CT molecular complexity index is 839. The van der Waals surface area contributed by atoms with Gasteiger partial charge in [-0.3, -0.25) is 4.79 Å². The van der Waals surface area contributed by atoms with Crippen LogP contribution in [-0.4, -0.2) is 19.9 Å². The highest BCUT2D eigenvalue weighted by Gasteiger charge is 2.21. The Hall–Kier alpha value is -1.70. The van der Waals surface area contributed by atoms with Gasteiger partial charge in [-0.25, -0.2) is 13.1 Å². The summed E-state index contributed by atoms with van der Waals surface area (Å²) in [5.41, 5.74) is 0.891. The lowest BCUT2D eigenvalue weighted by Gasteiger charge is -2.20. The average molecular weight is 425 g/mol. The number of hydrogen-bond acceptors (Lipinski definition) is 3. The molecule has 0 aliphatic carbocycles. The maximum absolute atomic E-state index is 12.2. The van der Waals surface area contributed by atoms with Crippen LogP contribution in [0.5, 0.6) is 0 Å². The first kappa shape index (κ1) is 19.6. The molecule has 2 N–H and O–H groups in total. The Morgan fingerprint density at radius 3 is 2.08 bits per heavy atom. The van der Waals surface area contributed by atoms with E-state index in [1.54, 1.807) is 32.9 Å². The van der Waals surface area contributed by atoms with Crippen molar-refractivity contribution in [2.45, 2.75) is 37.6 Å². The van der Waals surface area contributed by atoms with Crippen LogP contribution < -0.4 is 10.0 Å². The second-order valence-corrected chi connectivity index (χ2v) is 9.33. The van der Waals surface area contributed by atoms with Crippen molar-refractivity contribution in [3.63, 3.8) is 0 Å². The van der Waals surface area contributed by atoms with Crippen molar-refractivity contribution >= 4 is 37.5 Å². The van der Waals surface area contributed by atoms with Crippen molar-refractivity contribution in [2.75, 3.05) is 5.32 Å². The quantitative estimate of drug-likeness (QED) is 0.767. The van der Waals surface area contributed by atoms with E-state index in [0.717, 1.165) is 10.0 Å². The minimum atomic E-state index is -3.58. The third-order valence-electron chi connectivity index (χ3n) is 3.17. The third kappa shape index (κ3) is 6.26. The zero-order chi connectivity index (χ0) is 18.7. The van der Waals surface area contributed by atoms with Crippen LogP contribution in [0.25, 0.3) is 0 Å². The molecule has 0 radical (unpaired) electrons. The molecule has 0 atom stereocenters. The summed E-state index contributed by atoms with van der Waals surface area (Å²) in [6.45, 7) is 5.34. The van der Waals surface area contributed by atoms with Crippen LogP contribution in [0.15, 0.2) is 57.9 Å². The molecular formula is C18H21BrN2O3S. The smallest absolute Gasteiger partial charge is 0.241 e. The van der Waals surface area contributed by atoms with Gasteiger partial charge >= 0.3 is 0 Å². The Kier molecular flexibility index (Phi) is 6.03. The van der Waals surface area contributed by atoms with Crippen LogP contribution in [-0.2, 0) is 21.2 Å². The number of rotatable bonds is 5. The highest BCUT2D eigenvalue weighted by Crippen LogP contribution is 2.17. The van der Waals surface area contributed by atoms with Gasteiger partial charge in [0.2, 0.25) is 15.9 Å². The topological polar surface area (TPSA) is 75.3 Å². The number of amides is 1. The second kappa shape index (κ2) is 7.68. The Labute approximate surface area is 157 Å². The molecule has 25 heavy (non-hydrogen) atoms. The van der Waals surface area contributed by atoms with Crippen LogP contribution >= 0.6 is 15.9 Å². The van der Waals surface area contributed by atoms with Crippen molar-refractivity contribution in [3.8, 4) is 0 Å². The standard InChI is InChI=1S/C18H21BrN2O3S/c1-18(2,3)21-25(23,24)16-10-8-15(9-11-16)20-17(22)12-13-4-6-14(19)7-5-13/h4-11,21H,12H2,1-3H3,(H,20,22). The summed E-state index contributed by atoms with van der Waals surface area (Å²) in [7, 11) is -3.58. The number of carbonyl (C=O) groups is 1. The van der Waals surface area contributed by atoms with Crippen molar-refractivity contribution in [1.29, 1.82) is 0 Å². The molecule has 0 aliphatic rings. The average Bonchev–Trinajstić information content (AvgIpc) is 2.48. The van der Waals surface area contributed by atoms with Crippen LogP contribution in [0.2, 0.25) is 0 Å². The van der Waals surface area contributed by atoms with Gasteiger partial charge in [0.25, 0.3) is 0 Å². The Balaban J connectivity index is 2.02. The number of carbonyl (C=O) groups excluding carboxylic acids is 1. The van der Waals surface area contributed by atoms with Gasteiger partial charge in [-0.05, 0) is 62.7 Å². The molecule has 0 heterocycles. The first-order chi connectivity index (χ1) is 11.5. The highest BCUT2D eigenvalue weighted by molar-refractivity contribution is 9.10. The molecule has 0 bridgehead atoms. The van der Waals surface area contributed by atoms with E-state index in [0.29, 0.717) is 5.69 Å². The van der Waals surface area contributed by atoms with Gasteiger partial charge in [0.1, 0.15) is 0 Å². The lowest BCUT2D eigenvalue weighted by atomic mass is 10.1. The molecule has 0 fully saturated rings. The van der Waals surface area contributed by atoms with Gasteiger partial charge in [0, 0.05) is 15.7 Å². The van der Waals surface area contributed by atoms with Gasteiger partial charge in [-0.1, -0.05) is 28.1 Å². The molecule has 0 aromatic heterocycles. The molecule has 0 saturated heterocycles. The molecule has 2 rings (SSSR count).